The van der Waals surface area contributed by atoms with Crippen molar-refractivity contribution in [1.29, 1.82) is 0 Å². The van der Waals surface area contributed by atoms with Crippen molar-refractivity contribution >= 4 is 12.1 Å². The molecule has 0 bridgehead atoms. The smallest absolute Gasteiger partial charge is 0.407 e. The molecule has 0 aliphatic carbocycles. The summed E-state index contributed by atoms with van der Waals surface area (Å²) in [4.78, 5) is 23.1. The first-order valence-electron chi connectivity index (χ1n) is 6.22. The Bertz CT molecular complexity index is 482. The van der Waals surface area contributed by atoms with E-state index >= 15 is 0 Å². The SMILES string of the molecule is C=CCOC(=O)NC(c1ccccc1)C(C)(C)C(=O)O. The number of aliphatic carboxylic acids is 1. The van der Waals surface area contributed by atoms with Crippen LogP contribution in [0.25, 0.3) is 0 Å². The lowest BCUT2D eigenvalue weighted by molar-refractivity contribution is -0.148. The number of ether oxygens (including phenoxy) is 1. The molecule has 0 heterocycles. The van der Waals surface area contributed by atoms with Gasteiger partial charge in [-0.15, -0.1) is 0 Å². The lowest BCUT2D eigenvalue weighted by atomic mass is 9.80. The van der Waals surface area contributed by atoms with Gasteiger partial charge in [-0.25, -0.2) is 4.79 Å². The van der Waals surface area contributed by atoms with Crippen LogP contribution < -0.4 is 5.32 Å². The Morgan fingerprint density at radius 3 is 2.50 bits per heavy atom. The fraction of sp³-hybridized carbons (Fsp3) is 0.333. The summed E-state index contributed by atoms with van der Waals surface area (Å²) in [7, 11) is 0. The lowest BCUT2D eigenvalue weighted by Crippen LogP contribution is -2.42. The van der Waals surface area contributed by atoms with Crippen molar-refractivity contribution in [1.82, 2.24) is 5.32 Å². The topological polar surface area (TPSA) is 75.6 Å². The van der Waals surface area contributed by atoms with Crippen molar-refractivity contribution in [2.45, 2.75) is 19.9 Å². The number of rotatable bonds is 6. The second-order valence-electron chi connectivity index (χ2n) is 4.90. The van der Waals surface area contributed by atoms with E-state index in [9.17, 15) is 14.7 Å². The maximum Gasteiger partial charge on any atom is 0.407 e. The van der Waals surface area contributed by atoms with Gasteiger partial charge in [-0.3, -0.25) is 4.79 Å². The average Bonchev–Trinajstić information content (AvgIpc) is 2.43. The Labute approximate surface area is 118 Å². The van der Waals surface area contributed by atoms with Crippen molar-refractivity contribution in [2.75, 3.05) is 6.61 Å². The number of carboxylic acid groups (broad SMARTS) is 1. The predicted octanol–water partition coefficient (Wildman–Crippen LogP) is 2.75. The molecule has 0 saturated heterocycles. The van der Waals surface area contributed by atoms with E-state index < -0.39 is 23.5 Å². The van der Waals surface area contributed by atoms with E-state index in [2.05, 4.69) is 11.9 Å². The van der Waals surface area contributed by atoms with Gasteiger partial charge in [-0.2, -0.15) is 0 Å². The molecule has 1 unspecified atom stereocenters. The molecule has 1 amide bonds. The first-order chi connectivity index (χ1) is 9.39. The van der Waals surface area contributed by atoms with Crippen LogP contribution in [0.15, 0.2) is 43.0 Å². The fourth-order valence-electron chi connectivity index (χ4n) is 1.74. The summed E-state index contributed by atoms with van der Waals surface area (Å²) in [5.74, 6) is -1.00. The van der Waals surface area contributed by atoms with Gasteiger partial charge in [0.2, 0.25) is 0 Å². The van der Waals surface area contributed by atoms with Crippen LogP contribution in [-0.4, -0.2) is 23.8 Å². The number of amides is 1. The molecule has 0 aliphatic heterocycles. The number of hydrogen-bond acceptors (Lipinski definition) is 3. The molecule has 20 heavy (non-hydrogen) atoms. The molecular formula is C15H19NO4. The second-order valence-corrected chi connectivity index (χ2v) is 4.90. The third-order valence-electron chi connectivity index (χ3n) is 3.00. The minimum absolute atomic E-state index is 0.0703. The molecule has 0 aliphatic rings. The van der Waals surface area contributed by atoms with Gasteiger partial charge in [-0.1, -0.05) is 43.0 Å². The molecular weight excluding hydrogens is 258 g/mol. The normalized spacial score (nSPS) is 12.3. The predicted molar refractivity (Wildman–Crippen MR) is 75.3 cm³/mol. The molecule has 108 valence electrons. The zero-order valence-corrected chi connectivity index (χ0v) is 11.6. The van der Waals surface area contributed by atoms with Crippen molar-refractivity contribution in [2.24, 2.45) is 5.41 Å². The van der Waals surface area contributed by atoms with Crippen LogP contribution in [-0.2, 0) is 9.53 Å². The third-order valence-corrected chi connectivity index (χ3v) is 3.00. The number of hydrogen-bond donors (Lipinski definition) is 2. The lowest BCUT2D eigenvalue weighted by Gasteiger charge is -2.31. The first kappa shape index (κ1) is 15.8. The molecule has 2 N–H and O–H groups in total. The number of carbonyl (C=O) groups excluding carboxylic acids is 1. The van der Waals surface area contributed by atoms with Gasteiger partial charge in [0.05, 0.1) is 11.5 Å². The van der Waals surface area contributed by atoms with Crippen LogP contribution in [0.1, 0.15) is 25.5 Å². The summed E-state index contributed by atoms with van der Waals surface area (Å²) in [5, 5.41) is 12.0. The van der Waals surface area contributed by atoms with E-state index in [1.54, 1.807) is 38.1 Å². The number of carboxylic acids is 1. The van der Waals surface area contributed by atoms with Crippen LogP contribution in [0.2, 0.25) is 0 Å². The van der Waals surface area contributed by atoms with Crippen LogP contribution in [0.3, 0.4) is 0 Å². The van der Waals surface area contributed by atoms with Crippen molar-refractivity contribution in [3.63, 3.8) is 0 Å². The third kappa shape index (κ3) is 3.85. The van der Waals surface area contributed by atoms with Gasteiger partial charge in [0.25, 0.3) is 0 Å². The van der Waals surface area contributed by atoms with Crippen molar-refractivity contribution < 1.29 is 19.4 Å². The van der Waals surface area contributed by atoms with Gasteiger partial charge < -0.3 is 15.2 Å². The van der Waals surface area contributed by atoms with Gasteiger partial charge in [-0.05, 0) is 19.4 Å². The monoisotopic (exact) mass is 277 g/mol. The minimum Gasteiger partial charge on any atom is -0.481 e. The molecule has 5 heteroatoms. The van der Waals surface area contributed by atoms with E-state index in [1.807, 2.05) is 6.07 Å². The summed E-state index contributed by atoms with van der Waals surface area (Å²) < 4.78 is 4.86. The Morgan fingerprint density at radius 1 is 1.40 bits per heavy atom. The molecule has 1 atom stereocenters. The Balaban J connectivity index is 3.00. The molecule has 0 aromatic heterocycles. The Hall–Kier alpha value is -2.30. The van der Waals surface area contributed by atoms with Crippen LogP contribution in [0, 0.1) is 5.41 Å². The average molecular weight is 277 g/mol. The summed E-state index contributed by atoms with van der Waals surface area (Å²) in [6, 6.07) is 8.24. The summed E-state index contributed by atoms with van der Waals surface area (Å²) in [5.41, 5.74) is -0.468. The van der Waals surface area contributed by atoms with Gasteiger partial charge in [0, 0.05) is 0 Å². The summed E-state index contributed by atoms with van der Waals surface area (Å²) in [6.07, 6.45) is 0.771. The standard InChI is InChI=1S/C15H19NO4/c1-4-10-20-14(19)16-12(15(2,3)13(17)18)11-8-6-5-7-9-11/h4-9,12H,1,10H2,2-3H3,(H,16,19)(H,17,18). The van der Waals surface area contributed by atoms with Gasteiger partial charge >= 0.3 is 12.1 Å². The summed E-state index contributed by atoms with van der Waals surface area (Å²) in [6.45, 7) is 6.63. The van der Waals surface area contributed by atoms with Crippen LogP contribution in [0.5, 0.6) is 0 Å². The molecule has 0 saturated carbocycles. The van der Waals surface area contributed by atoms with Gasteiger partial charge in [0.1, 0.15) is 6.61 Å². The van der Waals surface area contributed by atoms with E-state index in [0.717, 1.165) is 0 Å². The number of benzene rings is 1. The van der Waals surface area contributed by atoms with Crippen LogP contribution >= 0.6 is 0 Å². The Morgan fingerprint density at radius 2 is 2.00 bits per heavy atom. The maximum absolute atomic E-state index is 11.7. The highest BCUT2D eigenvalue weighted by Gasteiger charge is 2.39. The van der Waals surface area contributed by atoms with Crippen molar-refractivity contribution in [3.8, 4) is 0 Å². The highest BCUT2D eigenvalue weighted by molar-refractivity contribution is 5.77. The summed E-state index contributed by atoms with van der Waals surface area (Å²) >= 11 is 0. The molecule has 1 rings (SSSR count). The maximum atomic E-state index is 11.7. The van der Waals surface area contributed by atoms with Crippen LogP contribution in [0.4, 0.5) is 4.79 Å². The van der Waals surface area contributed by atoms with Crippen molar-refractivity contribution in [3.05, 3.63) is 48.6 Å². The quantitative estimate of drug-likeness (QED) is 0.784. The molecule has 0 fully saturated rings. The highest BCUT2D eigenvalue weighted by atomic mass is 16.5. The largest absolute Gasteiger partial charge is 0.481 e. The van der Waals surface area contributed by atoms with E-state index in [4.69, 9.17) is 4.74 Å². The second kappa shape index (κ2) is 6.75. The Kier molecular flexibility index (Phi) is 5.32. The van der Waals surface area contributed by atoms with E-state index in [1.165, 1.54) is 6.08 Å². The zero-order valence-electron chi connectivity index (χ0n) is 11.6. The van der Waals surface area contributed by atoms with E-state index in [0.29, 0.717) is 5.56 Å². The van der Waals surface area contributed by atoms with E-state index in [-0.39, 0.29) is 6.61 Å². The number of carbonyl (C=O) groups is 2. The van der Waals surface area contributed by atoms with Gasteiger partial charge in [0.15, 0.2) is 0 Å². The first-order valence-corrected chi connectivity index (χ1v) is 6.22. The number of nitrogens with one attached hydrogen (secondary N) is 1. The molecule has 0 spiro atoms. The molecule has 1 aromatic rings. The zero-order chi connectivity index (χ0) is 15.2. The molecule has 1 aromatic carbocycles. The molecule has 0 radical (unpaired) electrons. The minimum atomic E-state index is -1.17. The fourth-order valence-corrected chi connectivity index (χ4v) is 1.74. The number of alkyl carbamates (subject to hydrolysis) is 1. The highest BCUT2D eigenvalue weighted by Crippen LogP contribution is 2.33. The molecule has 5 nitrogen and oxygen atoms in total.